The van der Waals surface area contributed by atoms with Crippen LogP contribution in [-0.2, 0) is 23.1 Å². The lowest BCUT2D eigenvalue weighted by molar-refractivity contribution is -0.112. The maximum absolute atomic E-state index is 15.5. The SMILES string of the molecule is COC1CCC(NC/C=C/C(=O)Nc2c(F)cc(C(=O)c3cn4c5c(cccc35)-c3c(C)cc5c(nc(C)n5C)c3OCC(F)(F)C4)cc2F)CC1. The van der Waals surface area contributed by atoms with Crippen LogP contribution in [0.1, 0.15) is 53.0 Å². The summed E-state index contributed by atoms with van der Waals surface area (Å²) < 4.78 is 76.1. The highest BCUT2D eigenvalue weighted by Gasteiger charge is 2.36. The lowest BCUT2D eigenvalue weighted by atomic mass is 9.93. The molecule has 1 fully saturated rings. The van der Waals surface area contributed by atoms with Crippen molar-refractivity contribution < 1.29 is 36.6 Å². The Labute approximate surface area is 297 Å². The average molecular weight is 718 g/mol. The number of nitrogens with one attached hydrogen (secondary N) is 2. The van der Waals surface area contributed by atoms with Crippen molar-refractivity contribution in [1.82, 2.24) is 19.4 Å². The molecule has 7 rings (SSSR count). The first-order chi connectivity index (χ1) is 24.8. The Morgan fingerprint density at radius 1 is 1.10 bits per heavy atom. The van der Waals surface area contributed by atoms with Crippen molar-refractivity contribution in [3.05, 3.63) is 88.9 Å². The molecule has 3 heterocycles. The van der Waals surface area contributed by atoms with Crippen LogP contribution in [0.25, 0.3) is 33.1 Å². The van der Waals surface area contributed by atoms with Gasteiger partial charge in [0.2, 0.25) is 5.91 Å². The van der Waals surface area contributed by atoms with Gasteiger partial charge in [-0.05, 0) is 63.3 Å². The number of methoxy groups -OCH3 is 1. The predicted octanol–water partition coefficient (Wildman–Crippen LogP) is 7.39. The monoisotopic (exact) mass is 717 g/mol. The number of anilines is 1. The highest BCUT2D eigenvalue weighted by molar-refractivity contribution is 6.18. The Morgan fingerprint density at radius 3 is 2.54 bits per heavy atom. The molecule has 2 aromatic heterocycles. The third kappa shape index (κ3) is 6.58. The summed E-state index contributed by atoms with van der Waals surface area (Å²) in [5, 5.41) is 5.88. The van der Waals surface area contributed by atoms with Crippen molar-refractivity contribution in [2.75, 3.05) is 25.6 Å². The Morgan fingerprint density at radius 2 is 1.83 bits per heavy atom. The number of amides is 1. The van der Waals surface area contributed by atoms with Gasteiger partial charge in [0, 0.05) is 66.7 Å². The number of carbonyl (C=O) groups is 2. The van der Waals surface area contributed by atoms with Crippen molar-refractivity contribution in [3.63, 3.8) is 0 Å². The van der Waals surface area contributed by atoms with Crippen LogP contribution < -0.4 is 15.4 Å². The summed E-state index contributed by atoms with van der Waals surface area (Å²) in [4.78, 5) is 31.1. The minimum absolute atomic E-state index is 0.00942. The first-order valence-corrected chi connectivity index (χ1v) is 17.2. The van der Waals surface area contributed by atoms with E-state index in [1.807, 2.05) is 31.5 Å². The quantitative estimate of drug-likeness (QED) is 0.0987. The van der Waals surface area contributed by atoms with E-state index in [9.17, 15) is 9.59 Å². The standard InChI is InChI=1S/C39H39F4N5O4/c1-21-15-31-35(45-22(2)47(31)3)38-33(21)27-8-5-7-26-28(18-48(36(26)27)19-39(42,43)20-52-38)37(50)23-16-29(40)34(30(41)17-23)46-32(49)9-6-14-44-24-10-12-25(51-4)13-11-24/h5-9,15-18,24-25,44H,10-14,19-20H2,1-4H3,(H,46,49)/b9-6+. The molecule has 2 aliphatic rings. The second-order valence-corrected chi connectivity index (χ2v) is 13.7. The number of para-hydroxylation sites is 1. The van der Waals surface area contributed by atoms with E-state index in [0.29, 0.717) is 46.0 Å². The minimum Gasteiger partial charge on any atom is -0.484 e. The summed E-state index contributed by atoms with van der Waals surface area (Å²) in [6.45, 7) is 2.33. The predicted molar refractivity (Wildman–Crippen MR) is 190 cm³/mol. The minimum atomic E-state index is -3.35. The molecule has 0 radical (unpaired) electrons. The first-order valence-electron chi connectivity index (χ1n) is 17.2. The van der Waals surface area contributed by atoms with E-state index < -0.39 is 48.1 Å². The van der Waals surface area contributed by atoms with E-state index in [0.717, 1.165) is 48.9 Å². The fourth-order valence-electron chi connectivity index (χ4n) is 7.40. The molecule has 9 nitrogen and oxygen atoms in total. The molecule has 1 aliphatic carbocycles. The largest absolute Gasteiger partial charge is 0.484 e. The van der Waals surface area contributed by atoms with Crippen molar-refractivity contribution in [2.45, 2.75) is 64.1 Å². The van der Waals surface area contributed by atoms with Crippen molar-refractivity contribution in [2.24, 2.45) is 7.05 Å². The van der Waals surface area contributed by atoms with Crippen molar-refractivity contribution in [1.29, 1.82) is 0 Å². The molecular weight excluding hydrogens is 678 g/mol. The molecule has 1 aliphatic heterocycles. The molecule has 0 bridgehead atoms. The molecule has 0 unspecified atom stereocenters. The number of aryl methyl sites for hydroxylation is 3. The fraction of sp³-hybridized carbons (Fsp3) is 0.359. The number of alkyl halides is 2. The van der Waals surface area contributed by atoms with Crippen LogP contribution in [0.3, 0.4) is 0 Å². The van der Waals surface area contributed by atoms with E-state index in [2.05, 4.69) is 15.6 Å². The van der Waals surface area contributed by atoms with Crippen LogP contribution in [-0.4, -0.2) is 64.1 Å². The third-order valence-corrected chi connectivity index (χ3v) is 10.1. The maximum atomic E-state index is 15.5. The average Bonchev–Trinajstić information content (AvgIpc) is 3.63. The second-order valence-electron chi connectivity index (χ2n) is 13.7. The summed E-state index contributed by atoms with van der Waals surface area (Å²) in [6.07, 6.45) is 8.13. The van der Waals surface area contributed by atoms with Gasteiger partial charge in [-0.3, -0.25) is 9.59 Å². The summed E-state index contributed by atoms with van der Waals surface area (Å²) in [6, 6.07) is 8.96. The molecule has 5 aromatic rings. The molecule has 52 heavy (non-hydrogen) atoms. The van der Waals surface area contributed by atoms with Crippen LogP contribution in [0.4, 0.5) is 23.2 Å². The highest BCUT2D eigenvalue weighted by atomic mass is 19.3. The second kappa shape index (κ2) is 13.8. The molecule has 0 spiro atoms. The number of nitrogens with zero attached hydrogens (tertiary/aromatic N) is 3. The van der Waals surface area contributed by atoms with Gasteiger partial charge in [0.05, 0.1) is 23.7 Å². The van der Waals surface area contributed by atoms with Gasteiger partial charge >= 0.3 is 0 Å². The van der Waals surface area contributed by atoms with Crippen LogP contribution >= 0.6 is 0 Å². The number of ether oxygens (including phenoxy) is 2. The number of hydrogen-bond donors (Lipinski definition) is 2. The Kier molecular flexibility index (Phi) is 9.43. The number of imidazole rings is 1. The number of aromatic nitrogens is 3. The van der Waals surface area contributed by atoms with E-state index >= 15 is 17.6 Å². The smallest absolute Gasteiger partial charge is 0.298 e. The first kappa shape index (κ1) is 35.4. The fourth-order valence-corrected chi connectivity index (χ4v) is 7.40. The molecule has 272 valence electrons. The lowest BCUT2D eigenvalue weighted by Gasteiger charge is -2.27. The Balaban J connectivity index is 1.18. The molecule has 13 heteroatoms. The van der Waals surface area contributed by atoms with E-state index in [-0.39, 0.29) is 23.0 Å². The van der Waals surface area contributed by atoms with Crippen LogP contribution in [0, 0.1) is 25.5 Å². The molecule has 3 aromatic carbocycles. The third-order valence-electron chi connectivity index (χ3n) is 10.1. The molecule has 1 saturated carbocycles. The van der Waals surface area contributed by atoms with Crippen molar-refractivity contribution >= 4 is 39.3 Å². The van der Waals surface area contributed by atoms with Crippen molar-refractivity contribution in [3.8, 4) is 16.9 Å². The zero-order chi connectivity index (χ0) is 36.9. The molecule has 0 atom stereocenters. The van der Waals surface area contributed by atoms with E-state index in [1.165, 1.54) is 16.8 Å². The number of hydrogen-bond acceptors (Lipinski definition) is 6. The zero-order valence-electron chi connectivity index (χ0n) is 29.3. The number of rotatable bonds is 8. The van der Waals surface area contributed by atoms with Gasteiger partial charge in [-0.2, -0.15) is 0 Å². The van der Waals surface area contributed by atoms with Gasteiger partial charge in [-0.15, -0.1) is 0 Å². The number of carbonyl (C=O) groups excluding carboxylic acids is 2. The molecule has 2 N–H and O–H groups in total. The molecular formula is C39H39F4N5O4. The molecule has 0 saturated heterocycles. The Bertz CT molecular complexity index is 2230. The van der Waals surface area contributed by atoms with E-state index in [4.69, 9.17) is 9.47 Å². The number of benzene rings is 3. The van der Waals surface area contributed by atoms with E-state index in [1.54, 1.807) is 31.4 Å². The molecule has 1 amide bonds. The van der Waals surface area contributed by atoms with Gasteiger partial charge in [0.15, 0.2) is 18.1 Å². The van der Waals surface area contributed by atoms with Crippen LogP contribution in [0.15, 0.2) is 54.7 Å². The van der Waals surface area contributed by atoms with Crippen LogP contribution in [0.2, 0.25) is 0 Å². The summed E-state index contributed by atoms with van der Waals surface area (Å²) in [7, 11) is 3.54. The number of fused-ring (bicyclic) bond motifs is 4. The van der Waals surface area contributed by atoms with Gasteiger partial charge in [-0.1, -0.05) is 24.3 Å². The van der Waals surface area contributed by atoms with Gasteiger partial charge in [0.25, 0.3) is 5.92 Å². The number of halogens is 4. The summed E-state index contributed by atoms with van der Waals surface area (Å²) in [5.74, 6) is -6.28. The lowest BCUT2D eigenvalue weighted by Crippen LogP contribution is -2.35. The van der Waals surface area contributed by atoms with Gasteiger partial charge < -0.3 is 29.2 Å². The summed E-state index contributed by atoms with van der Waals surface area (Å²) >= 11 is 0. The normalized spacial score (nSPS) is 18.5. The Hall–Kier alpha value is -5.01. The van der Waals surface area contributed by atoms with Gasteiger partial charge in [-0.25, -0.2) is 22.5 Å². The topological polar surface area (TPSA) is 99.4 Å². The maximum Gasteiger partial charge on any atom is 0.298 e. The highest BCUT2D eigenvalue weighted by Crippen LogP contribution is 2.45. The van der Waals surface area contributed by atoms with Gasteiger partial charge in [0.1, 0.15) is 28.7 Å². The van der Waals surface area contributed by atoms with Crippen LogP contribution in [0.5, 0.6) is 5.75 Å². The summed E-state index contributed by atoms with van der Waals surface area (Å²) in [5.41, 5.74) is 2.31. The number of ketones is 1. The zero-order valence-corrected chi connectivity index (χ0v) is 29.3.